The minimum Gasteiger partial charge on any atom is -0.316 e. The average Bonchev–Trinajstić information content (AvgIpc) is 2.36. The number of hydrogen-bond acceptors (Lipinski definition) is 1. The molecule has 0 heterocycles. The molecule has 0 amide bonds. The first-order valence-corrected chi connectivity index (χ1v) is 8.63. The van der Waals surface area contributed by atoms with Gasteiger partial charge in [0.2, 0.25) is 0 Å². The summed E-state index contributed by atoms with van der Waals surface area (Å²) in [6.45, 7) is 9.93. The fourth-order valence-electron chi connectivity index (χ4n) is 4.87. The lowest BCUT2D eigenvalue weighted by Gasteiger charge is -2.48. The largest absolute Gasteiger partial charge is 0.316 e. The van der Waals surface area contributed by atoms with E-state index in [0.29, 0.717) is 5.41 Å². The predicted octanol–water partition coefficient (Wildman–Crippen LogP) is 4.86. The smallest absolute Gasteiger partial charge is 0.0126 e. The maximum atomic E-state index is 3.73. The van der Waals surface area contributed by atoms with Gasteiger partial charge in [0.1, 0.15) is 0 Å². The van der Waals surface area contributed by atoms with Gasteiger partial charge in [0.15, 0.2) is 0 Å². The molecular weight excluding hydrogens is 230 g/mol. The van der Waals surface area contributed by atoms with E-state index in [9.17, 15) is 0 Å². The van der Waals surface area contributed by atoms with Crippen molar-refractivity contribution in [2.75, 3.05) is 7.05 Å². The van der Waals surface area contributed by atoms with Crippen molar-refractivity contribution in [2.45, 2.75) is 78.7 Å². The molecule has 1 heteroatoms. The highest BCUT2D eigenvalue weighted by atomic mass is 14.9. The van der Waals surface area contributed by atoms with Gasteiger partial charge in [-0.3, -0.25) is 0 Å². The first kappa shape index (κ1) is 15.4. The lowest BCUT2D eigenvalue weighted by molar-refractivity contribution is 0.0519. The molecule has 2 aliphatic carbocycles. The molecule has 1 nitrogen and oxygen atoms in total. The summed E-state index contributed by atoms with van der Waals surface area (Å²) in [5.74, 6) is 3.66. The Kier molecular flexibility index (Phi) is 4.98. The lowest BCUT2D eigenvalue weighted by atomic mass is 9.61. The van der Waals surface area contributed by atoms with Crippen molar-refractivity contribution in [1.29, 1.82) is 0 Å². The summed E-state index contributed by atoms with van der Waals surface area (Å²) in [5.41, 5.74) is 0.540. The van der Waals surface area contributed by atoms with Gasteiger partial charge in [-0.15, -0.1) is 0 Å². The van der Waals surface area contributed by atoms with Crippen LogP contribution < -0.4 is 5.32 Å². The fourth-order valence-corrected chi connectivity index (χ4v) is 4.87. The van der Waals surface area contributed by atoms with E-state index in [4.69, 9.17) is 0 Å². The molecule has 0 spiro atoms. The van der Waals surface area contributed by atoms with Gasteiger partial charge in [0, 0.05) is 6.04 Å². The highest BCUT2D eigenvalue weighted by Crippen LogP contribution is 2.46. The number of hydrogen-bond donors (Lipinski definition) is 1. The van der Waals surface area contributed by atoms with Crippen molar-refractivity contribution in [2.24, 2.45) is 29.1 Å². The van der Waals surface area contributed by atoms with Crippen LogP contribution in [0.5, 0.6) is 0 Å². The Bertz CT molecular complexity index is 283. The van der Waals surface area contributed by atoms with Gasteiger partial charge >= 0.3 is 0 Å². The summed E-state index contributed by atoms with van der Waals surface area (Å²) in [6.07, 6.45) is 10.1. The van der Waals surface area contributed by atoms with Crippen molar-refractivity contribution >= 4 is 0 Å². The van der Waals surface area contributed by atoms with Crippen LogP contribution in [0.4, 0.5) is 0 Å². The molecule has 0 saturated heterocycles. The minimum absolute atomic E-state index is 0.540. The van der Waals surface area contributed by atoms with Gasteiger partial charge in [-0.1, -0.05) is 47.0 Å². The zero-order valence-corrected chi connectivity index (χ0v) is 13.8. The first-order chi connectivity index (χ1) is 8.95. The molecule has 2 fully saturated rings. The predicted molar refractivity (Wildman–Crippen MR) is 84.3 cm³/mol. The summed E-state index contributed by atoms with van der Waals surface area (Å²) in [4.78, 5) is 0. The van der Waals surface area contributed by atoms with Crippen LogP contribution in [-0.4, -0.2) is 13.1 Å². The third-order valence-electron chi connectivity index (χ3n) is 6.50. The van der Waals surface area contributed by atoms with Gasteiger partial charge in [0.25, 0.3) is 0 Å². The Hall–Kier alpha value is -0.0400. The molecular formula is C18H35N. The van der Waals surface area contributed by atoms with E-state index < -0.39 is 0 Å². The fraction of sp³-hybridized carbons (Fsp3) is 1.00. The highest BCUT2D eigenvalue weighted by molar-refractivity contribution is 4.94. The zero-order valence-electron chi connectivity index (χ0n) is 13.8. The molecule has 0 bridgehead atoms. The molecule has 2 saturated carbocycles. The Labute approximate surface area is 120 Å². The standard InChI is InChI=1S/C18H35N/c1-13-9-10-15(12-14(13)2)17(19-5)16-8-6-7-11-18(16,3)4/h13-17,19H,6-12H2,1-5H3. The van der Waals surface area contributed by atoms with E-state index in [-0.39, 0.29) is 0 Å². The van der Waals surface area contributed by atoms with Crippen LogP contribution in [0.1, 0.15) is 72.6 Å². The van der Waals surface area contributed by atoms with E-state index in [1.54, 1.807) is 0 Å². The topological polar surface area (TPSA) is 12.0 Å². The molecule has 5 atom stereocenters. The number of nitrogens with one attached hydrogen (secondary N) is 1. The van der Waals surface area contributed by atoms with Crippen LogP contribution in [0.2, 0.25) is 0 Å². The second-order valence-electron chi connectivity index (χ2n) is 8.18. The van der Waals surface area contributed by atoms with Gasteiger partial charge in [-0.2, -0.15) is 0 Å². The number of rotatable bonds is 3. The summed E-state index contributed by atoms with van der Waals surface area (Å²) < 4.78 is 0. The van der Waals surface area contributed by atoms with E-state index >= 15 is 0 Å². The second-order valence-corrected chi connectivity index (χ2v) is 8.18. The molecule has 19 heavy (non-hydrogen) atoms. The van der Waals surface area contributed by atoms with E-state index in [1.807, 2.05) is 0 Å². The Morgan fingerprint density at radius 2 is 1.74 bits per heavy atom. The van der Waals surface area contributed by atoms with Crippen LogP contribution in [0, 0.1) is 29.1 Å². The second kappa shape index (κ2) is 6.16. The Morgan fingerprint density at radius 3 is 2.32 bits per heavy atom. The van der Waals surface area contributed by atoms with Gasteiger partial charge < -0.3 is 5.32 Å². The highest BCUT2D eigenvalue weighted by Gasteiger charge is 2.41. The molecule has 1 N–H and O–H groups in total. The molecule has 2 aliphatic rings. The van der Waals surface area contributed by atoms with Gasteiger partial charge in [-0.05, 0) is 61.8 Å². The van der Waals surface area contributed by atoms with Crippen LogP contribution >= 0.6 is 0 Å². The summed E-state index contributed by atoms with van der Waals surface area (Å²) in [6, 6.07) is 0.755. The Morgan fingerprint density at radius 1 is 1.00 bits per heavy atom. The summed E-state index contributed by atoms with van der Waals surface area (Å²) >= 11 is 0. The molecule has 5 unspecified atom stereocenters. The maximum Gasteiger partial charge on any atom is 0.0126 e. The molecule has 0 radical (unpaired) electrons. The van der Waals surface area contributed by atoms with Crippen LogP contribution in [0.3, 0.4) is 0 Å². The zero-order chi connectivity index (χ0) is 14.0. The van der Waals surface area contributed by atoms with E-state index in [2.05, 4.69) is 40.1 Å². The van der Waals surface area contributed by atoms with Gasteiger partial charge in [0.05, 0.1) is 0 Å². The SMILES string of the molecule is CNC(C1CCC(C)C(C)C1)C1CCCCC1(C)C. The van der Waals surface area contributed by atoms with E-state index in [1.165, 1.54) is 44.9 Å². The third-order valence-corrected chi connectivity index (χ3v) is 6.50. The quantitative estimate of drug-likeness (QED) is 0.768. The average molecular weight is 265 g/mol. The summed E-state index contributed by atoms with van der Waals surface area (Å²) in [5, 5.41) is 3.73. The molecule has 2 rings (SSSR count). The van der Waals surface area contributed by atoms with Gasteiger partial charge in [-0.25, -0.2) is 0 Å². The van der Waals surface area contributed by atoms with Crippen molar-refractivity contribution in [1.82, 2.24) is 5.32 Å². The lowest BCUT2D eigenvalue weighted by Crippen LogP contribution is -2.49. The molecule has 0 aromatic heterocycles. The molecule has 0 aromatic carbocycles. The van der Waals surface area contributed by atoms with Crippen LogP contribution in [0.15, 0.2) is 0 Å². The molecule has 0 aromatic rings. The third kappa shape index (κ3) is 3.35. The van der Waals surface area contributed by atoms with E-state index in [0.717, 1.165) is 29.7 Å². The van der Waals surface area contributed by atoms with Crippen molar-refractivity contribution in [3.05, 3.63) is 0 Å². The van der Waals surface area contributed by atoms with Crippen molar-refractivity contribution in [3.8, 4) is 0 Å². The summed E-state index contributed by atoms with van der Waals surface area (Å²) in [7, 11) is 2.21. The van der Waals surface area contributed by atoms with Crippen molar-refractivity contribution in [3.63, 3.8) is 0 Å². The first-order valence-electron chi connectivity index (χ1n) is 8.63. The normalized spacial score (nSPS) is 40.9. The van der Waals surface area contributed by atoms with Crippen LogP contribution in [0.25, 0.3) is 0 Å². The van der Waals surface area contributed by atoms with Crippen LogP contribution in [-0.2, 0) is 0 Å². The molecule has 0 aliphatic heterocycles. The maximum absolute atomic E-state index is 3.73. The monoisotopic (exact) mass is 265 g/mol. The van der Waals surface area contributed by atoms with Crippen molar-refractivity contribution < 1.29 is 0 Å². The Balaban J connectivity index is 2.06. The molecule has 112 valence electrons. The minimum atomic E-state index is 0.540.